The molecule has 3 fully saturated rings. The topological polar surface area (TPSA) is 161 Å². The van der Waals surface area contributed by atoms with Gasteiger partial charge in [-0.25, -0.2) is 22.8 Å². The predicted octanol–water partition coefficient (Wildman–Crippen LogP) is 4.01. The smallest absolute Gasteiger partial charge is 0.333 e. The summed E-state index contributed by atoms with van der Waals surface area (Å²) in [5.41, 5.74) is -2.16. The Morgan fingerprint density at radius 3 is 2.50 bits per heavy atom. The molecule has 256 valence electrons. The molecule has 3 aromatic heterocycles. The van der Waals surface area contributed by atoms with Gasteiger partial charge in [-0.1, -0.05) is 18.2 Å². The Morgan fingerprint density at radius 2 is 1.85 bits per heavy atom. The Labute approximate surface area is 280 Å². The molecular formula is C33H38N4O9S2. The summed E-state index contributed by atoms with van der Waals surface area (Å²) < 4.78 is 54.1. The van der Waals surface area contributed by atoms with Gasteiger partial charge in [0.15, 0.2) is 0 Å². The number of aryl methyl sites for hydroxylation is 1. The van der Waals surface area contributed by atoms with E-state index in [-0.39, 0.29) is 36.1 Å². The van der Waals surface area contributed by atoms with Crippen molar-refractivity contribution in [2.24, 2.45) is 0 Å². The van der Waals surface area contributed by atoms with Gasteiger partial charge in [0.25, 0.3) is 11.5 Å². The van der Waals surface area contributed by atoms with Crippen molar-refractivity contribution in [3.63, 3.8) is 0 Å². The maximum atomic E-state index is 14.7. The van der Waals surface area contributed by atoms with Gasteiger partial charge < -0.3 is 18.6 Å². The first-order valence-electron chi connectivity index (χ1n) is 16.1. The van der Waals surface area contributed by atoms with Gasteiger partial charge in [-0.2, -0.15) is 0 Å². The number of nitrogens with zero attached hydrogens (tertiary/aromatic N) is 3. The quantitative estimate of drug-likeness (QED) is 0.242. The van der Waals surface area contributed by atoms with Crippen LogP contribution in [-0.4, -0.2) is 59.1 Å². The number of benzene rings is 1. The van der Waals surface area contributed by atoms with Crippen LogP contribution in [0, 0.1) is 6.92 Å². The maximum absolute atomic E-state index is 14.7. The maximum Gasteiger partial charge on any atom is 0.333 e. The molecular weight excluding hydrogens is 661 g/mol. The summed E-state index contributed by atoms with van der Waals surface area (Å²) in [7, 11) is -2.39. The second-order valence-electron chi connectivity index (χ2n) is 13.3. The molecule has 7 rings (SSSR count). The Hall–Kier alpha value is -3.79. The highest BCUT2D eigenvalue weighted by Gasteiger charge is 2.43. The average Bonchev–Trinajstić information content (AvgIpc) is 3.54. The summed E-state index contributed by atoms with van der Waals surface area (Å²) in [5.74, 6) is -0.125. The number of methoxy groups -OCH3 is 1. The van der Waals surface area contributed by atoms with Crippen molar-refractivity contribution in [2.75, 3.05) is 7.11 Å². The molecule has 1 N–H and O–H groups in total. The normalized spacial score (nSPS) is 21.8. The molecule has 5 heterocycles. The number of oxazole rings is 1. The van der Waals surface area contributed by atoms with Gasteiger partial charge in [0.2, 0.25) is 15.9 Å². The molecule has 4 atom stereocenters. The number of carbonyl (C=O) groups excluding carboxylic acids is 1. The summed E-state index contributed by atoms with van der Waals surface area (Å²) in [4.78, 5) is 47.8. The van der Waals surface area contributed by atoms with Gasteiger partial charge >= 0.3 is 5.69 Å². The third-order valence-electron chi connectivity index (χ3n) is 9.59. The lowest BCUT2D eigenvalue weighted by Gasteiger charge is -2.33. The van der Waals surface area contributed by atoms with Crippen LogP contribution in [0.4, 0.5) is 0 Å². The molecule has 2 aliphatic heterocycles. The monoisotopic (exact) mass is 698 g/mol. The van der Waals surface area contributed by atoms with E-state index in [0.717, 1.165) is 17.4 Å². The number of thiophene rings is 1. The van der Waals surface area contributed by atoms with Crippen LogP contribution in [0.2, 0.25) is 0 Å². The van der Waals surface area contributed by atoms with E-state index >= 15 is 0 Å². The predicted molar refractivity (Wildman–Crippen MR) is 178 cm³/mol. The van der Waals surface area contributed by atoms with Crippen LogP contribution >= 0.6 is 11.3 Å². The molecule has 13 nitrogen and oxygen atoms in total. The van der Waals surface area contributed by atoms with Crippen molar-refractivity contribution in [1.29, 1.82) is 0 Å². The van der Waals surface area contributed by atoms with Gasteiger partial charge in [0.05, 0.1) is 53.7 Å². The summed E-state index contributed by atoms with van der Waals surface area (Å²) in [6.45, 7) is 4.43. The van der Waals surface area contributed by atoms with E-state index in [2.05, 4.69) is 9.71 Å². The second-order valence-corrected chi connectivity index (χ2v) is 16.2. The van der Waals surface area contributed by atoms with Gasteiger partial charge in [0, 0.05) is 5.56 Å². The Morgan fingerprint density at radius 1 is 1.15 bits per heavy atom. The lowest BCUT2D eigenvalue weighted by atomic mass is 10.0. The second kappa shape index (κ2) is 12.3. The van der Waals surface area contributed by atoms with Gasteiger partial charge in [-0.05, 0) is 70.9 Å². The molecule has 1 aromatic carbocycles. The molecule has 1 aliphatic carbocycles. The zero-order valence-corrected chi connectivity index (χ0v) is 28.8. The van der Waals surface area contributed by atoms with Crippen molar-refractivity contribution in [3.8, 4) is 16.5 Å². The minimum atomic E-state index is -3.96. The van der Waals surface area contributed by atoms with E-state index in [1.165, 1.54) is 42.2 Å². The average molecular weight is 699 g/mol. The van der Waals surface area contributed by atoms with Crippen molar-refractivity contribution in [1.82, 2.24) is 18.8 Å². The molecule has 1 saturated carbocycles. The van der Waals surface area contributed by atoms with E-state index in [1.807, 2.05) is 24.3 Å². The fourth-order valence-corrected chi connectivity index (χ4v) is 9.50. The Balaban J connectivity index is 1.39. The highest BCUT2D eigenvalue weighted by Crippen LogP contribution is 2.40. The number of nitrogens with one attached hydrogen (secondary N) is 1. The molecule has 0 radical (unpaired) electrons. The number of para-hydroxylation sites is 1. The molecule has 0 spiro atoms. The van der Waals surface area contributed by atoms with Crippen LogP contribution in [0.1, 0.15) is 69.6 Å². The minimum Gasteiger partial charge on any atom is -0.496 e. The Bertz CT molecular complexity index is 2080. The van der Waals surface area contributed by atoms with Crippen LogP contribution in [0.25, 0.3) is 21.0 Å². The fourth-order valence-electron chi connectivity index (χ4n) is 6.82. The zero-order valence-electron chi connectivity index (χ0n) is 27.1. The third kappa shape index (κ3) is 5.80. The highest BCUT2D eigenvalue weighted by molar-refractivity contribution is 7.90. The van der Waals surface area contributed by atoms with E-state index in [4.69, 9.17) is 18.6 Å². The first-order chi connectivity index (χ1) is 22.9. The first kappa shape index (κ1) is 32.7. The number of hydrogen-bond acceptors (Lipinski definition) is 11. The molecule has 2 bridgehead atoms. The Kier molecular flexibility index (Phi) is 8.37. The van der Waals surface area contributed by atoms with Crippen molar-refractivity contribution in [2.45, 2.75) is 101 Å². The summed E-state index contributed by atoms with van der Waals surface area (Å²) in [6, 6.07) is 7.42. The number of fused-ring (bicyclic) bond motifs is 3. The first-order valence-corrected chi connectivity index (χ1v) is 18.4. The number of aromatic nitrogens is 3. The van der Waals surface area contributed by atoms with E-state index < -0.39 is 44.1 Å². The van der Waals surface area contributed by atoms with E-state index in [0.29, 0.717) is 52.3 Å². The van der Waals surface area contributed by atoms with E-state index in [1.54, 1.807) is 14.0 Å². The number of amides is 1. The molecule has 3 aliphatic rings. The lowest BCUT2D eigenvalue weighted by Crippen LogP contribution is -2.57. The summed E-state index contributed by atoms with van der Waals surface area (Å²) in [6.07, 6.45) is 6.53. The highest BCUT2D eigenvalue weighted by atomic mass is 32.2. The fraction of sp³-hybridized carbons (Fsp3) is 0.515. The zero-order chi connectivity index (χ0) is 34.0. The number of rotatable bonds is 11. The standard InChI is InChI=1S/C33H38N4O9S2/c1-18-26-29(38)37(33(2,3)31(39)35-48(41,42)22-11-12-22)32(40)36(30(26)47-27(18)28-34-13-14-44-28)17-25(23-7-5-6-8-24(23)43-4)46-21-15-19-9-10-20(16-21)45-19/h5-8,13-14,19-22,25H,9-12,15-17H2,1-4H3,(H,35,39)/t19-,20+,21?,25-/m0/s1. The van der Waals surface area contributed by atoms with Crippen molar-refractivity contribution < 1.29 is 31.8 Å². The molecule has 4 aromatic rings. The molecule has 15 heteroatoms. The lowest BCUT2D eigenvalue weighted by molar-refractivity contribution is -0.126. The molecule has 2 saturated heterocycles. The van der Waals surface area contributed by atoms with Gasteiger partial charge in [-0.3, -0.25) is 18.9 Å². The summed E-state index contributed by atoms with van der Waals surface area (Å²) in [5, 5.41) is -0.476. The van der Waals surface area contributed by atoms with Crippen LogP contribution in [0.3, 0.4) is 0 Å². The van der Waals surface area contributed by atoms with Gasteiger partial charge in [-0.15, -0.1) is 11.3 Å². The SMILES string of the molecule is COc1ccccc1[C@H](Cn1c(=O)n(C(C)(C)C(=O)NS(=O)(=O)C2CC2)c(=O)c2c(C)c(-c3ncco3)sc21)OC1C[C@H]2CC[C@@H](C1)O2. The molecule has 48 heavy (non-hydrogen) atoms. The number of ether oxygens (including phenoxy) is 3. The number of hydrogen-bond donors (Lipinski definition) is 1. The van der Waals surface area contributed by atoms with Crippen molar-refractivity contribution >= 4 is 37.5 Å². The van der Waals surface area contributed by atoms with Crippen LogP contribution in [-0.2, 0) is 36.4 Å². The van der Waals surface area contributed by atoms with E-state index in [9.17, 15) is 22.8 Å². The summed E-state index contributed by atoms with van der Waals surface area (Å²) >= 11 is 1.18. The largest absolute Gasteiger partial charge is 0.496 e. The van der Waals surface area contributed by atoms with Crippen LogP contribution in [0.15, 0.2) is 50.7 Å². The third-order valence-corrected chi connectivity index (χ3v) is 12.7. The number of carbonyl (C=O) groups is 1. The van der Waals surface area contributed by atoms with Crippen molar-refractivity contribution in [3.05, 3.63) is 68.7 Å². The van der Waals surface area contributed by atoms with Gasteiger partial charge in [0.1, 0.15) is 28.5 Å². The minimum absolute atomic E-state index is 0.0360. The number of sulfonamides is 1. The molecule has 1 unspecified atom stereocenters. The van der Waals surface area contributed by atoms with Crippen LogP contribution < -0.4 is 20.7 Å². The molecule has 1 amide bonds. The van der Waals surface area contributed by atoms with Crippen LogP contribution in [0.5, 0.6) is 5.75 Å².